The van der Waals surface area contributed by atoms with Gasteiger partial charge in [0, 0.05) is 12.1 Å². The Morgan fingerprint density at radius 2 is 2.00 bits per heavy atom. The van der Waals surface area contributed by atoms with Crippen molar-refractivity contribution in [1.29, 1.82) is 0 Å². The molecule has 2 aromatic rings. The summed E-state index contributed by atoms with van der Waals surface area (Å²) in [6.07, 6.45) is 3.62. The number of hydrogen-bond donors (Lipinski definition) is 1. The maximum atomic E-state index is 4.77. The van der Waals surface area contributed by atoms with Gasteiger partial charge in [0.25, 0.3) is 0 Å². The second kappa shape index (κ2) is 4.49. The zero-order valence-corrected chi connectivity index (χ0v) is 10.8. The van der Waals surface area contributed by atoms with Crippen LogP contribution in [0.5, 0.6) is 0 Å². The van der Waals surface area contributed by atoms with Gasteiger partial charge in [-0.15, -0.1) is 0 Å². The van der Waals surface area contributed by atoms with Gasteiger partial charge in [-0.05, 0) is 26.2 Å². The Bertz CT molecular complexity index is 490. The van der Waals surface area contributed by atoms with Crippen LogP contribution in [0.3, 0.4) is 0 Å². The van der Waals surface area contributed by atoms with E-state index >= 15 is 0 Å². The Balaban J connectivity index is 1.96. The highest BCUT2D eigenvalue weighted by Gasteiger charge is 2.14. The zero-order chi connectivity index (χ0) is 11.7. The summed E-state index contributed by atoms with van der Waals surface area (Å²) in [5.74, 6) is 0. The fourth-order valence-corrected chi connectivity index (χ4v) is 3.14. The minimum Gasteiger partial charge on any atom is -0.375 e. The number of rotatable bonds is 1. The Hall–Kier alpha value is -1.35. The molecule has 0 unspecified atom stereocenters. The fraction of sp³-hybridized carbons (Fsp3) is 0.357. The first-order chi connectivity index (χ1) is 8.33. The predicted octanol–water partition coefficient (Wildman–Crippen LogP) is 3.87. The van der Waals surface area contributed by atoms with Gasteiger partial charge in [0.05, 0.1) is 5.69 Å². The summed E-state index contributed by atoms with van der Waals surface area (Å²) in [6.45, 7) is 3.20. The van der Waals surface area contributed by atoms with Gasteiger partial charge < -0.3 is 5.32 Å². The van der Waals surface area contributed by atoms with E-state index in [-0.39, 0.29) is 0 Å². The van der Waals surface area contributed by atoms with Gasteiger partial charge in [-0.1, -0.05) is 41.2 Å². The standard InChI is InChI=1S/C14H16N2S/c1-10-5-7-11(8-6-10)13-16-12-4-2-3-9-15-14(12)17-13/h5-8,15H,2-4,9H2,1H3. The molecule has 0 aliphatic carbocycles. The summed E-state index contributed by atoms with van der Waals surface area (Å²) >= 11 is 1.79. The van der Waals surface area contributed by atoms with Crippen molar-refractivity contribution < 1.29 is 0 Å². The number of nitrogens with one attached hydrogen (secondary N) is 1. The Morgan fingerprint density at radius 1 is 1.18 bits per heavy atom. The number of benzene rings is 1. The largest absolute Gasteiger partial charge is 0.375 e. The number of nitrogens with zero attached hydrogens (tertiary/aromatic N) is 1. The van der Waals surface area contributed by atoms with Crippen LogP contribution < -0.4 is 5.32 Å². The van der Waals surface area contributed by atoms with Crippen molar-refractivity contribution in [3.8, 4) is 10.6 Å². The lowest BCUT2D eigenvalue weighted by Crippen LogP contribution is -1.96. The molecule has 0 atom stereocenters. The minimum atomic E-state index is 1.09. The average Bonchev–Trinajstić information content (AvgIpc) is 2.62. The molecule has 0 spiro atoms. The van der Waals surface area contributed by atoms with Crippen LogP contribution in [0, 0.1) is 6.92 Å². The molecule has 0 bridgehead atoms. The van der Waals surface area contributed by atoms with Crippen LogP contribution in [-0.4, -0.2) is 11.5 Å². The minimum absolute atomic E-state index is 1.09. The first-order valence-corrected chi connectivity index (χ1v) is 6.95. The SMILES string of the molecule is Cc1ccc(-c2nc3c(s2)NCCCC3)cc1. The molecule has 0 fully saturated rings. The van der Waals surface area contributed by atoms with Crippen LogP contribution in [0.25, 0.3) is 10.6 Å². The molecule has 0 radical (unpaired) electrons. The van der Waals surface area contributed by atoms with Crippen molar-refractivity contribution in [2.45, 2.75) is 26.2 Å². The van der Waals surface area contributed by atoms with Gasteiger partial charge >= 0.3 is 0 Å². The average molecular weight is 244 g/mol. The van der Waals surface area contributed by atoms with Crippen LogP contribution in [0.4, 0.5) is 5.00 Å². The normalized spacial score (nSPS) is 14.9. The maximum Gasteiger partial charge on any atom is 0.125 e. The van der Waals surface area contributed by atoms with Crippen LogP contribution >= 0.6 is 11.3 Å². The lowest BCUT2D eigenvalue weighted by Gasteiger charge is -1.98. The van der Waals surface area contributed by atoms with Gasteiger partial charge in [-0.25, -0.2) is 4.98 Å². The summed E-state index contributed by atoms with van der Waals surface area (Å²) in [5, 5.41) is 5.90. The third-order valence-electron chi connectivity index (χ3n) is 3.12. The smallest absolute Gasteiger partial charge is 0.125 e. The number of aromatic nitrogens is 1. The topological polar surface area (TPSA) is 24.9 Å². The summed E-state index contributed by atoms with van der Waals surface area (Å²) in [5.41, 5.74) is 3.78. The van der Waals surface area contributed by atoms with Gasteiger partial charge in [-0.2, -0.15) is 0 Å². The highest BCUT2D eigenvalue weighted by atomic mass is 32.1. The monoisotopic (exact) mass is 244 g/mol. The van der Waals surface area contributed by atoms with Gasteiger partial charge in [-0.3, -0.25) is 0 Å². The third-order valence-corrected chi connectivity index (χ3v) is 4.23. The molecule has 0 saturated heterocycles. The van der Waals surface area contributed by atoms with E-state index in [1.165, 1.54) is 34.7 Å². The molecule has 2 heterocycles. The molecular weight excluding hydrogens is 228 g/mol. The molecule has 88 valence electrons. The number of hydrogen-bond acceptors (Lipinski definition) is 3. The van der Waals surface area contributed by atoms with E-state index in [0.717, 1.165) is 18.0 Å². The maximum absolute atomic E-state index is 4.77. The highest BCUT2D eigenvalue weighted by Crippen LogP contribution is 2.34. The van der Waals surface area contributed by atoms with Gasteiger partial charge in [0.1, 0.15) is 10.0 Å². The van der Waals surface area contributed by atoms with E-state index in [0.29, 0.717) is 0 Å². The van der Waals surface area contributed by atoms with Crippen LogP contribution in [-0.2, 0) is 6.42 Å². The van der Waals surface area contributed by atoms with Crippen LogP contribution in [0.15, 0.2) is 24.3 Å². The van der Waals surface area contributed by atoms with Crippen molar-refractivity contribution in [2.75, 3.05) is 11.9 Å². The molecule has 3 rings (SSSR count). The molecule has 1 N–H and O–H groups in total. The van der Waals surface area contributed by atoms with E-state index in [1.807, 2.05) is 0 Å². The molecule has 2 nitrogen and oxygen atoms in total. The number of thiazole rings is 1. The van der Waals surface area contributed by atoms with Crippen molar-refractivity contribution in [3.05, 3.63) is 35.5 Å². The summed E-state index contributed by atoms with van der Waals surface area (Å²) in [4.78, 5) is 4.77. The molecule has 1 aliphatic rings. The second-order valence-electron chi connectivity index (χ2n) is 4.54. The Morgan fingerprint density at radius 3 is 2.82 bits per heavy atom. The number of anilines is 1. The number of fused-ring (bicyclic) bond motifs is 1. The lowest BCUT2D eigenvalue weighted by molar-refractivity contribution is 0.775. The van der Waals surface area contributed by atoms with Gasteiger partial charge in [0.15, 0.2) is 0 Å². The summed E-state index contributed by atoms with van der Waals surface area (Å²) in [6, 6.07) is 8.62. The van der Waals surface area contributed by atoms with E-state index < -0.39 is 0 Å². The zero-order valence-electron chi connectivity index (χ0n) is 9.99. The number of aryl methyl sites for hydroxylation is 2. The van der Waals surface area contributed by atoms with Crippen LogP contribution in [0.2, 0.25) is 0 Å². The molecule has 17 heavy (non-hydrogen) atoms. The molecule has 1 aliphatic heterocycles. The first-order valence-electron chi connectivity index (χ1n) is 6.13. The highest BCUT2D eigenvalue weighted by molar-refractivity contribution is 7.19. The van der Waals surface area contributed by atoms with Crippen molar-refractivity contribution >= 4 is 16.3 Å². The fourth-order valence-electron chi connectivity index (χ4n) is 2.10. The molecule has 1 aromatic heterocycles. The van der Waals surface area contributed by atoms with Crippen molar-refractivity contribution in [2.24, 2.45) is 0 Å². The molecule has 0 amide bonds. The first kappa shape index (κ1) is 10.8. The Kier molecular flexibility index (Phi) is 2.85. The summed E-state index contributed by atoms with van der Waals surface area (Å²) in [7, 11) is 0. The van der Waals surface area contributed by atoms with Crippen molar-refractivity contribution in [1.82, 2.24) is 4.98 Å². The van der Waals surface area contributed by atoms with Crippen molar-refractivity contribution in [3.63, 3.8) is 0 Å². The lowest BCUT2D eigenvalue weighted by atomic mass is 10.1. The summed E-state index contributed by atoms with van der Waals surface area (Å²) < 4.78 is 0. The third kappa shape index (κ3) is 2.20. The van der Waals surface area contributed by atoms with Gasteiger partial charge in [0.2, 0.25) is 0 Å². The van der Waals surface area contributed by atoms with E-state index in [9.17, 15) is 0 Å². The quantitative estimate of drug-likeness (QED) is 0.823. The Labute approximate surface area is 106 Å². The van der Waals surface area contributed by atoms with Crippen LogP contribution in [0.1, 0.15) is 24.1 Å². The van der Waals surface area contributed by atoms with E-state index in [1.54, 1.807) is 11.3 Å². The predicted molar refractivity (Wildman–Crippen MR) is 73.7 cm³/mol. The second-order valence-corrected chi connectivity index (χ2v) is 5.54. The van der Waals surface area contributed by atoms with E-state index in [2.05, 4.69) is 36.5 Å². The molecular formula is C14H16N2S. The molecule has 0 saturated carbocycles. The molecule has 1 aromatic carbocycles. The molecule has 3 heteroatoms. The van der Waals surface area contributed by atoms with E-state index in [4.69, 9.17) is 4.98 Å².